The number of aromatic nitrogens is 3. The van der Waals surface area contributed by atoms with E-state index in [1.807, 2.05) is 43.7 Å². The van der Waals surface area contributed by atoms with E-state index in [0.717, 1.165) is 29.0 Å². The summed E-state index contributed by atoms with van der Waals surface area (Å²) in [6.07, 6.45) is 7.18. The highest BCUT2D eigenvalue weighted by Crippen LogP contribution is 2.17. The van der Waals surface area contributed by atoms with E-state index >= 15 is 0 Å². The maximum absolute atomic E-state index is 5.20. The van der Waals surface area contributed by atoms with E-state index in [4.69, 9.17) is 9.47 Å². The fourth-order valence-corrected chi connectivity index (χ4v) is 2.33. The highest BCUT2D eigenvalue weighted by atomic mass is 16.5. The third-order valence-electron chi connectivity index (χ3n) is 3.54. The minimum absolute atomic E-state index is 0.648. The van der Waals surface area contributed by atoms with Gasteiger partial charge in [0, 0.05) is 6.54 Å². The molecule has 0 spiro atoms. The first-order valence-electron chi connectivity index (χ1n) is 7.52. The van der Waals surface area contributed by atoms with Crippen LogP contribution >= 0.6 is 0 Å². The normalized spacial score (nSPS) is 11.2. The van der Waals surface area contributed by atoms with Crippen molar-refractivity contribution in [1.29, 1.82) is 0 Å². The molecule has 0 aliphatic carbocycles. The molecule has 3 rings (SSSR count). The zero-order valence-electron chi connectivity index (χ0n) is 13.3. The molecule has 0 saturated carbocycles. The molecule has 118 valence electrons. The van der Waals surface area contributed by atoms with Gasteiger partial charge in [0.05, 0.1) is 49.2 Å². The Kier molecular flexibility index (Phi) is 4.57. The smallest absolute Gasteiger partial charge is 0.118 e. The second-order valence-corrected chi connectivity index (χ2v) is 5.08. The lowest BCUT2D eigenvalue weighted by Crippen LogP contribution is -1.98. The number of fused-ring (bicyclic) bond motifs is 1. The maximum atomic E-state index is 5.20. The van der Waals surface area contributed by atoms with Crippen molar-refractivity contribution in [2.24, 2.45) is 0 Å². The molecule has 5 nitrogen and oxygen atoms in total. The number of hydrogen-bond acceptors (Lipinski definition) is 4. The van der Waals surface area contributed by atoms with Crippen LogP contribution < -0.4 is 4.74 Å². The Bertz CT molecular complexity index is 807. The first-order chi connectivity index (χ1) is 11.3. The summed E-state index contributed by atoms with van der Waals surface area (Å²) in [7, 11) is 1.67. The lowest BCUT2D eigenvalue weighted by molar-refractivity contribution is 0.272. The van der Waals surface area contributed by atoms with E-state index in [-0.39, 0.29) is 0 Å². The van der Waals surface area contributed by atoms with Gasteiger partial charge in [-0.1, -0.05) is 12.1 Å². The van der Waals surface area contributed by atoms with Crippen molar-refractivity contribution in [2.45, 2.75) is 13.5 Å². The van der Waals surface area contributed by atoms with Crippen LogP contribution in [0.25, 0.3) is 17.1 Å². The molecule has 0 aliphatic rings. The molecule has 1 aromatic carbocycles. The van der Waals surface area contributed by atoms with Gasteiger partial charge in [0.2, 0.25) is 0 Å². The van der Waals surface area contributed by atoms with Crippen LogP contribution in [0.1, 0.15) is 18.2 Å². The quantitative estimate of drug-likeness (QED) is 0.654. The van der Waals surface area contributed by atoms with Gasteiger partial charge in [0.1, 0.15) is 5.75 Å². The van der Waals surface area contributed by atoms with Gasteiger partial charge in [0.15, 0.2) is 0 Å². The van der Waals surface area contributed by atoms with Crippen molar-refractivity contribution in [1.82, 2.24) is 14.5 Å². The highest BCUT2D eigenvalue weighted by Gasteiger charge is 2.05. The molecule has 23 heavy (non-hydrogen) atoms. The minimum atomic E-state index is 0.648. The second-order valence-electron chi connectivity index (χ2n) is 5.08. The van der Waals surface area contributed by atoms with Gasteiger partial charge in [-0.25, -0.2) is 4.98 Å². The van der Waals surface area contributed by atoms with Gasteiger partial charge in [-0.15, -0.1) is 0 Å². The van der Waals surface area contributed by atoms with E-state index in [1.54, 1.807) is 13.4 Å². The van der Waals surface area contributed by atoms with Crippen LogP contribution in [0.2, 0.25) is 0 Å². The number of hydrogen-bond donors (Lipinski definition) is 0. The molecule has 0 N–H and O–H groups in total. The van der Waals surface area contributed by atoms with Gasteiger partial charge < -0.3 is 14.0 Å². The van der Waals surface area contributed by atoms with Crippen molar-refractivity contribution in [3.8, 4) is 5.75 Å². The Morgan fingerprint density at radius 1 is 1.17 bits per heavy atom. The van der Waals surface area contributed by atoms with Gasteiger partial charge >= 0.3 is 0 Å². The molecule has 0 bridgehead atoms. The van der Waals surface area contributed by atoms with Crippen LogP contribution in [0.5, 0.6) is 5.75 Å². The van der Waals surface area contributed by atoms with E-state index in [1.165, 1.54) is 5.56 Å². The number of pyridine rings is 1. The average molecular weight is 309 g/mol. The third-order valence-corrected chi connectivity index (χ3v) is 3.54. The lowest BCUT2D eigenvalue weighted by atomic mass is 10.2. The topological polar surface area (TPSA) is 49.2 Å². The SMILES string of the molecule is CCOC=Cc1cc2ncn(Cc3ccc(OC)cc3)c2cn1. The number of nitrogens with zero attached hydrogens (tertiary/aromatic N) is 3. The van der Waals surface area contributed by atoms with Crippen molar-refractivity contribution in [3.63, 3.8) is 0 Å². The minimum Gasteiger partial charge on any atom is -0.501 e. The van der Waals surface area contributed by atoms with Crippen molar-refractivity contribution < 1.29 is 9.47 Å². The number of ether oxygens (including phenoxy) is 2. The Morgan fingerprint density at radius 2 is 2.00 bits per heavy atom. The van der Waals surface area contributed by atoms with Crippen LogP contribution in [-0.4, -0.2) is 28.3 Å². The fourth-order valence-electron chi connectivity index (χ4n) is 2.33. The van der Waals surface area contributed by atoms with Gasteiger partial charge in [-0.3, -0.25) is 4.98 Å². The predicted molar refractivity (Wildman–Crippen MR) is 90.3 cm³/mol. The molecular formula is C18H19N3O2. The monoisotopic (exact) mass is 309 g/mol. The Balaban J connectivity index is 1.81. The fraction of sp³-hybridized carbons (Fsp3) is 0.222. The molecule has 3 aromatic rings. The zero-order valence-corrected chi connectivity index (χ0v) is 13.3. The summed E-state index contributed by atoms with van der Waals surface area (Å²) in [5.74, 6) is 0.858. The van der Waals surface area contributed by atoms with Crippen molar-refractivity contribution >= 4 is 17.1 Å². The van der Waals surface area contributed by atoms with Crippen LogP contribution in [0.3, 0.4) is 0 Å². The molecule has 0 amide bonds. The molecule has 2 heterocycles. The molecule has 0 aliphatic heterocycles. The Labute approximate surface area is 135 Å². The van der Waals surface area contributed by atoms with Crippen LogP contribution in [0, 0.1) is 0 Å². The Hall–Kier alpha value is -2.82. The average Bonchev–Trinajstić information content (AvgIpc) is 2.98. The third kappa shape index (κ3) is 3.51. The molecule has 0 radical (unpaired) electrons. The summed E-state index contributed by atoms with van der Waals surface area (Å²) >= 11 is 0. The van der Waals surface area contributed by atoms with Crippen molar-refractivity contribution in [2.75, 3.05) is 13.7 Å². The van der Waals surface area contributed by atoms with E-state index in [0.29, 0.717) is 6.61 Å². The van der Waals surface area contributed by atoms with Gasteiger partial charge in [0.25, 0.3) is 0 Å². The van der Waals surface area contributed by atoms with Gasteiger partial charge in [-0.2, -0.15) is 0 Å². The van der Waals surface area contributed by atoms with Gasteiger partial charge in [-0.05, 0) is 36.8 Å². The molecule has 0 atom stereocenters. The van der Waals surface area contributed by atoms with E-state index in [9.17, 15) is 0 Å². The number of imidazole rings is 1. The number of methoxy groups -OCH3 is 1. The van der Waals surface area contributed by atoms with Crippen molar-refractivity contribution in [3.05, 3.63) is 60.4 Å². The summed E-state index contributed by atoms with van der Waals surface area (Å²) in [5.41, 5.74) is 3.95. The summed E-state index contributed by atoms with van der Waals surface area (Å²) < 4.78 is 12.5. The largest absolute Gasteiger partial charge is 0.501 e. The Morgan fingerprint density at radius 3 is 2.74 bits per heavy atom. The summed E-state index contributed by atoms with van der Waals surface area (Å²) in [4.78, 5) is 8.89. The second kappa shape index (κ2) is 6.96. The summed E-state index contributed by atoms with van der Waals surface area (Å²) in [6.45, 7) is 3.34. The maximum Gasteiger partial charge on any atom is 0.118 e. The predicted octanol–water partition coefficient (Wildman–Crippen LogP) is 3.50. The van der Waals surface area contributed by atoms with Crippen LogP contribution in [0.15, 0.2) is 49.1 Å². The molecule has 2 aromatic heterocycles. The first kappa shape index (κ1) is 15.1. The molecule has 5 heteroatoms. The number of benzene rings is 1. The molecule has 0 saturated heterocycles. The molecule has 0 fully saturated rings. The zero-order chi connectivity index (χ0) is 16.1. The standard InChI is InChI=1S/C18H19N3O2/c1-3-23-9-8-15-10-17-18(11-19-15)21(13-20-17)12-14-4-6-16(22-2)7-5-14/h4-11,13H,3,12H2,1-2H3. The molecule has 0 unspecified atom stereocenters. The van der Waals surface area contributed by atoms with E-state index < -0.39 is 0 Å². The highest BCUT2D eigenvalue weighted by molar-refractivity contribution is 5.76. The summed E-state index contributed by atoms with van der Waals surface area (Å²) in [5, 5.41) is 0. The van der Waals surface area contributed by atoms with Crippen LogP contribution in [0.4, 0.5) is 0 Å². The number of rotatable bonds is 6. The molecular weight excluding hydrogens is 290 g/mol. The van der Waals surface area contributed by atoms with E-state index in [2.05, 4.69) is 26.7 Å². The lowest BCUT2D eigenvalue weighted by Gasteiger charge is -2.06. The van der Waals surface area contributed by atoms with Crippen LogP contribution in [-0.2, 0) is 11.3 Å². The first-order valence-corrected chi connectivity index (χ1v) is 7.52. The summed E-state index contributed by atoms with van der Waals surface area (Å²) in [6, 6.07) is 9.98.